The molecule has 2 atom stereocenters. The van der Waals surface area contributed by atoms with Crippen LogP contribution in [0.1, 0.15) is 43.0 Å². The maximum Gasteiger partial charge on any atom is 0.408 e. The third-order valence-electron chi connectivity index (χ3n) is 4.88. The quantitative estimate of drug-likeness (QED) is 0.818. The van der Waals surface area contributed by atoms with Gasteiger partial charge in [-0.05, 0) is 35.4 Å². The van der Waals surface area contributed by atoms with Gasteiger partial charge in [0.1, 0.15) is 12.6 Å². The van der Waals surface area contributed by atoms with E-state index in [1.54, 1.807) is 0 Å². The molecule has 3 rings (SSSR count). The Morgan fingerprint density at radius 2 is 1.78 bits per heavy atom. The highest BCUT2D eigenvalue weighted by Crippen LogP contribution is 2.30. The third-order valence-corrected chi connectivity index (χ3v) is 4.88. The van der Waals surface area contributed by atoms with Gasteiger partial charge < -0.3 is 15.4 Å². The first-order chi connectivity index (χ1) is 13.0. The van der Waals surface area contributed by atoms with E-state index in [1.165, 1.54) is 11.1 Å². The van der Waals surface area contributed by atoms with Crippen molar-refractivity contribution < 1.29 is 14.3 Å². The molecule has 0 saturated carbocycles. The van der Waals surface area contributed by atoms with E-state index in [2.05, 4.69) is 22.8 Å². The summed E-state index contributed by atoms with van der Waals surface area (Å²) in [7, 11) is 0. The molecule has 0 heterocycles. The third kappa shape index (κ3) is 4.88. The van der Waals surface area contributed by atoms with E-state index < -0.39 is 12.1 Å². The predicted octanol–water partition coefficient (Wildman–Crippen LogP) is 3.74. The number of fused-ring (bicyclic) bond motifs is 1. The number of alkyl carbamates (subject to hydrolysis) is 1. The zero-order valence-corrected chi connectivity index (χ0v) is 15.8. The van der Waals surface area contributed by atoms with E-state index >= 15 is 0 Å². The number of hydrogen-bond donors (Lipinski definition) is 2. The van der Waals surface area contributed by atoms with Gasteiger partial charge in [-0.25, -0.2) is 4.79 Å². The van der Waals surface area contributed by atoms with Crippen LogP contribution in [0, 0.1) is 5.92 Å². The minimum Gasteiger partial charge on any atom is -0.445 e. The van der Waals surface area contributed by atoms with Crippen LogP contribution in [0.3, 0.4) is 0 Å². The Morgan fingerprint density at radius 1 is 1.07 bits per heavy atom. The Balaban J connectivity index is 1.56. The standard InChI is InChI=1S/C22H26N2O3/c1-15(2)20(24-22(26)27-14-16-8-4-3-5-9-16)21(25)23-19-13-12-17-10-6-7-11-18(17)19/h3-11,15,19-20H,12-14H2,1-2H3,(H,23,25)(H,24,26)/t19-,20+/m1/s1. The molecule has 0 radical (unpaired) electrons. The van der Waals surface area contributed by atoms with Crippen LogP contribution in [-0.4, -0.2) is 18.0 Å². The fourth-order valence-electron chi connectivity index (χ4n) is 3.40. The van der Waals surface area contributed by atoms with Crippen molar-refractivity contribution in [3.63, 3.8) is 0 Å². The minimum absolute atomic E-state index is 0.00270. The summed E-state index contributed by atoms with van der Waals surface area (Å²) >= 11 is 0. The summed E-state index contributed by atoms with van der Waals surface area (Å²) in [5, 5.41) is 5.80. The molecule has 142 valence electrons. The number of carbonyl (C=O) groups excluding carboxylic acids is 2. The average Bonchev–Trinajstić information content (AvgIpc) is 3.08. The summed E-state index contributed by atoms with van der Waals surface area (Å²) in [5.74, 6) is -0.228. The first-order valence-corrected chi connectivity index (χ1v) is 9.40. The van der Waals surface area contributed by atoms with Crippen molar-refractivity contribution >= 4 is 12.0 Å². The lowest BCUT2D eigenvalue weighted by Gasteiger charge is -2.24. The molecule has 0 saturated heterocycles. The number of benzene rings is 2. The molecule has 1 aliphatic rings. The largest absolute Gasteiger partial charge is 0.445 e. The maximum atomic E-state index is 12.8. The summed E-state index contributed by atoms with van der Waals surface area (Å²) in [6.45, 7) is 3.99. The van der Waals surface area contributed by atoms with Gasteiger partial charge in [-0.1, -0.05) is 68.4 Å². The van der Waals surface area contributed by atoms with Gasteiger partial charge in [-0.15, -0.1) is 0 Å². The van der Waals surface area contributed by atoms with Gasteiger partial charge >= 0.3 is 6.09 Å². The maximum absolute atomic E-state index is 12.8. The molecule has 0 fully saturated rings. The lowest BCUT2D eigenvalue weighted by Crippen LogP contribution is -2.50. The van der Waals surface area contributed by atoms with Crippen molar-refractivity contribution in [2.24, 2.45) is 5.92 Å². The first-order valence-electron chi connectivity index (χ1n) is 9.40. The Morgan fingerprint density at radius 3 is 2.52 bits per heavy atom. The van der Waals surface area contributed by atoms with Crippen molar-refractivity contribution in [1.29, 1.82) is 0 Å². The van der Waals surface area contributed by atoms with Gasteiger partial charge in [0.25, 0.3) is 0 Å². The highest BCUT2D eigenvalue weighted by molar-refractivity contribution is 5.86. The summed E-state index contributed by atoms with van der Waals surface area (Å²) in [5.41, 5.74) is 3.35. The van der Waals surface area contributed by atoms with E-state index in [0.717, 1.165) is 18.4 Å². The molecular formula is C22H26N2O3. The molecule has 0 unspecified atom stereocenters. The molecule has 5 heteroatoms. The Labute approximate surface area is 160 Å². The van der Waals surface area contributed by atoms with E-state index in [9.17, 15) is 9.59 Å². The summed E-state index contributed by atoms with van der Waals surface area (Å²) in [6.07, 6.45) is 1.26. The van der Waals surface area contributed by atoms with Crippen LogP contribution in [-0.2, 0) is 22.6 Å². The van der Waals surface area contributed by atoms with Gasteiger partial charge in [-0.2, -0.15) is 0 Å². The highest BCUT2D eigenvalue weighted by atomic mass is 16.5. The molecule has 1 aliphatic carbocycles. The van der Waals surface area contributed by atoms with Crippen LogP contribution < -0.4 is 10.6 Å². The Hall–Kier alpha value is -2.82. The zero-order valence-electron chi connectivity index (χ0n) is 15.8. The molecule has 27 heavy (non-hydrogen) atoms. The molecular weight excluding hydrogens is 340 g/mol. The monoisotopic (exact) mass is 366 g/mol. The fourth-order valence-corrected chi connectivity index (χ4v) is 3.40. The summed E-state index contributed by atoms with van der Waals surface area (Å²) in [4.78, 5) is 24.9. The number of ether oxygens (including phenoxy) is 1. The Kier molecular flexibility index (Phi) is 6.12. The number of aryl methyl sites for hydroxylation is 1. The van der Waals surface area contributed by atoms with Crippen LogP contribution in [0.4, 0.5) is 4.79 Å². The van der Waals surface area contributed by atoms with Crippen molar-refractivity contribution in [1.82, 2.24) is 10.6 Å². The normalized spacial score (nSPS) is 16.5. The summed E-state index contributed by atoms with van der Waals surface area (Å²) < 4.78 is 5.26. The number of hydrogen-bond acceptors (Lipinski definition) is 3. The molecule has 2 aromatic carbocycles. The van der Waals surface area contributed by atoms with Gasteiger partial charge in [0, 0.05) is 0 Å². The lowest BCUT2D eigenvalue weighted by molar-refractivity contribution is -0.124. The van der Waals surface area contributed by atoms with E-state index in [4.69, 9.17) is 4.74 Å². The van der Waals surface area contributed by atoms with Crippen molar-refractivity contribution in [2.45, 2.75) is 45.4 Å². The van der Waals surface area contributed by atoms with Gasteiger partial charge in [-0.3, -0.25) is 4.79 Å². The van der Waals surface area contributed by atoms with Crippen LogP contribution >= 0.6 is 0 Å². The average molecular weight is 366 g/mol. The van der Waals surface area contributed by atoms with Crippen LogP contribution in [0.25, 0.3) is 0 Å². The molecule has 2 aromatic rings. The van der Waals surface area contributed by atoms with E-state index in [-0.39, 0.29) is 24.5 Å². The van der Waals surface area contributed by atoms with Gasteiger partial charge in [0.2, 0.25) is 5.91 Å². The summed E-state index contributed by atoms with van der Waals surface area (Å²) in [6, 6.07) is 17.0. The topological polar surface area (TPSA) is 67.4 Å². The minimum atomic E-state index is -0.638. The van der Waals surface area contributed by atoms with E-state index in [0.29, 0.717) is 0 Å². The predicted molar refractivity (Wildman–Crippen MR) is 104 cm³/mol. The first kappa shape index (κ1) is 19.0. The molecule has 5 nitrogen and oxygen atoms in total. The molecule has 0 bridgehead atoms. The van der Waals surface area contributed by atoms with Gasteiger partial charge in [0.15, 0.2) is 0 Å². The van der Waals surface area contributed by atoms with Crippen LogP contribution in [0.5, 0.6) is 0 Å². The van der Waals surface area contributed by atoms with Crippen LogP contribution in [0.15, 0.2) is 54.6 Å². The fraction of sp³-hybridized carbons (Fsp3) is 0.364. The second-order valence-electron chi connectivity index (χ2n) is 7.23. The van der Waals surface area contributed by atoms with Gasteiger partial charge in [0.05, 0.1) is 6.04 Å². The van der Waals surface area contributed by atoms with Crippen molar-refractivity contribution in [3.8, 4) is 0 Å². The number of rotatable bonds is 6. The zero-order chi connectivity index (χ0) is 19.2. The van der Waals surface area contributed by atoms with Crippen molar-refractivity contribution in [3.05, 3.63) is 71.3 Å². The second-order valence-corrected chi connectivity index (χ2v) is 7.23. The molecule has 0 aliphatic heterocycles. The lowest BCUT2D eigenvalue weighted by atomic mass is 10.0. The molecule has 2 amide bonds. The Bertz CT molecular complexity index is 789. The molecule has 2 N–H and O–H groups in total. The van der Waals surface area contributed by atoms with E-state index in [1.807, 2.05) is 56.3 Å². The highest BCUT2D eigenvalue weighted by Gasteiger charge is 2.29. The SMILES string of the molecule is CC(C)[C@H](NC(=O)OCc1ccccc1)C(=O)N[C@@H]1CCc2ccccc21. The smallest absolute Gasteiger partial charge is 0.408 e. The number of nitrogens with one attached hydrogen (secondary N) is 2. The molecule has 0 spiro atoms. The second kappa shape index (κ2) is 8.71. The number of amides is 2. The number of carbonyl (C=O) groups is 2. The molecule has 0 aromatic heterocycles. The van der Waals surface area contributed by atoms with Crippen LogP contribution in [0.2, 0.25) is 0 Å². The van der Waals surface area contributed by atoms with Crippen molar-refractivity contribution in [2.75, 3.05) is 0 Å².